The highest BCUT2D eigenvalue weighted by molar-refractivity contribution is 5.97. The maximum Gasteiger partial charge on any atom is 0.196 e. The summed E-state index contributed by atoms with van der Waals surface area (Å²) in [5.74, 6) is 0.598. The van der Waals surface area contributed by atoms with E-state index in [0.717, 1.165) is 0 Å². The number of aldehydes is 1. The van der Waals surface area contributed by atoms with E-state index in [1.54, 1.807) is 23.6 Å². The van der Waals surface area contributed by atoms with Crippen LogP contribution in [0.4, 0.5) is 5.82 Å². The highest BCUT2D eigenvalue weighted by Gasteiger charge is 2.17. The molecule has 0 aromatic carbocycles. The number of rotatable bonds is 7. The van der Waals surface area contributed by atoms with Gasteiger partial charge in [-0.1, -0.05) is 13.8 Å². The minimum Gasteiger partial charge on any atom is -0.396 e. The number of hydrogen-bond acceptors (Lipinski definition) is 5. The van der Waals surface area contributed by atoms with Crippen LogP contribution < -0.4 is 10.6 Å². The van der Waals surface area contributed by atoms with Crippen LogP contribution >= 0.6 is 0 Å². The van der Waals surface area contributed by atoms with Gasteiger partial charge in [0.1, 0.15) is 11.5 Å². The summed E-state index contributed by atoms with van der Waals surface area (Å²) in [7, 11) is 3.25. The number of hydrogen-bond donors (Lipinski definition) is 3. The lowest BCUT2D eigenvalue weighted by Crippen LogP contribution is -2.36. The fourth-order valence-corrected chi connectivity index (χ4v) is 1.82. The van der Waals surface area contributed by atoms with Crippen molar-refractivity contribution in [2.75, 3.05) is 32.2 Å². The van der Waals surface area contributed by atoms with Gasteiger partial charge in [-0.25, -0.2) is 4.98 Å². The Balaban J connectivity index is 0.00000211. The van der Waals surface area contributed by atoms with Crippen molar-refractivity contribution in [2.45, 2.75) is 26.8 Å². The molecule has 0 radical (unpaired) electrons. The summed E-state index contributed by atoms with van der Waals surface area (Å²) >= 11 is 0. The zero-order valence-corrected chi connectivity index (χ0v) is 13.7. The van der Waals surface area contributed by atoms with Gasteiger partial charge in [0.15, 0.2) is 12.2 Å². The molecule has 0 saturated carbocycles. The van der Waals surface area contributed by atoms with Gasteiger partial charge in [-0.3, -0.25) is 14.7 Å². The van der Waals surface area contributed by atoms with Crippen molar-refractivity contribution < 1.29 is 15.0 Å². The predicted molar refractivity (Wildman–Crippen MR) is 87.2 cm³/mol. The van der Waals surface area contributed by atoms with Crippen LogP contribution in [0, 0.1) is 5.92 Å². The van der Waals surface area contributed by atoms with Gasteiger partial charge in [0.25, 0.3) is 0 Å². The summed E-state index contributed by atoms with van der Waals surface area (Å²) in [4.78, 5) is 20.5. The number of aryl methyl sites for hydroxylation is 1. The number of nitrogens with zero attached hydrogens (tertiary/aromatic N) is 4. The van der Waals surface area contributed by atoms with E-state index in [-0.39, 0.29) is 30.8 Å². The number of aliphatic hydroxyl groups is 2. The number of guanidine groups is 1. The topological polar surface area (TPSA) is 117 Å². The molecule has 0 atom stereocenters. The minimum atomic E-state index is -0.201. The van der Waals surface area contributed by atoms with E-state index < -0.39 is 0 Å². The molecule has 4 N–H and O–H groups in total. The third-order valence-electron chi connectivity index (χ3n) is 3.13. The van der Waals surface area contributed by atoms with E-state index in [0.29, 0.717) is 25.1 Å². The average molecular weight is 313 g/mol. The van der Waals surface area contributed by atoms with Crippen molar-refractivity contribution in [3.05, 3.63) is 12.0 Å². The van der Waals surface area contributed by atoms with Gasteiger partial charge in [0.05, 0.1) is 6.33 Å². The van der Waals surface area contributed by atoms with Gasteiger partial charge in [0.2, 0.25) is 0 Å². The first-order valence-corrected chi connectivity index (χ1v) is 7.27. The minimum absolute atomic E-state index is 0.0878. The average Bonchev–Trinajstić information content (AvgIpc) is 2.99. The molecule has 0 amide bonds. The number of carbonyl (C=O) groups excluding carboxylic acids is 1. The zero-order valence-electron chi connectivity index (χ0n) is 13.7. The Morgan fingerprint density at radius 3 is 2.55 bits per heavy atom. The van der Waals surface area contributed by atoms with Gasteiger partial charge in [0, 0.05) is 39.8 Å². The molecule has 0 aliphatic heterocycles. The van der Waals surface area contributed by atoms with Gasteiger partial charge < -0.3 is 20.5 Å². The van der Waals surface area contributed by atoms with E-state index in [9.17, 15) is 4.79 Å². The lowest BCUT2D eigenvalue weighted by molar-refractivity contribution is 0.111. The van der Waals surface area contributed by atoms with Gasteiger partial charge in [-0.2, -0.15) is 0 Å². The SMILES string of the molecule is CC.CN=C(N)N(C)c1c(C=O)ncn1CCC(CO)CO. The smallest absolute Gasteiger partial charge is 0.196 e. The normalized spacial score (nSPS) is 11.1. The molecule has 0 fully saturated rings. The molecule has 0 bridgehead atoms. The van der Waals surface area contributed by atoms with Crippen LogP contribution in [0.5, 0.6) is 0 Å². The molecule has 1 heterocycles. The molecule has 0 saturated heterocycles. The molecule has 8 nitrogen and oxygen atoms in total. The maximum absolute atomic E-state index is 11.0. The number of nitrogens with two attached hydrogens (primary N) is 1. The molecule has 0 aliphatic rings. The van der Waals surface area contributed by atoms with Gasteiger partial charge in [-0.05, 0) is 6.42 Å². The van der Waals surface area contributed by atoms with E-state index in [1.165, 1.54) is 6.33 Å². The van der Waals surface area contributed by atoms with Gasteiger partial charge in [-0.15, -0.1) is 0 Å². The molecule has 1 aromatic rings. The molecule has 22 heavy (non-hydrogen) atoms. The first-order chi connectivity index (χ1) is 10.6. The lowest BCUT2D eigenvalue weighted by Gasteiger charge is -2.21. The fourth-order valence-electron chi connectivity index (χ4n) is 1.82. The summed E-state index contributed by atoms with van der Waals surface area (Å²) < 4.78 is 1.75. The number of imidazole rings is 1. The third kappa shape index (κ3) is 5.12. The second-order valence-electron chi connectivity index (χ2n) is 4.43. The Labute approximate surface area is 131 Å². The largest absolute Gasteiger partial charge is 0.396 e. The van der Waals surface area contributed by atoms with Crippen LogP contribution in [0.1, 0.15) is 30.8 Å². The Morgan fingerprint density at radius 1 is 1.50 bits per heavy atom. The van der Waals surface area contributed by atoms with Crippen molar-refractivity contribution in [3.8, 4) is 0 Å². The predicted octanol–water partition coefficient (Wildman–Crippen LogP) is 0.0934. The van der Waals surface area contributed by atoms with Crippen molar-refractivity contribution in [2.24, 2.45) is 16.6 Å². The van der Waals surface area contributed by atoms with Crippen molar-refractivity contribution >= 4 is 18.1 Å². The highest BCUT2D eigenvalue weighted by atomic mass is 16.3. The van der Waals surface area contributed by atoms with E-state index in [4.69, 9.17) is 15.9 Å². The standard InChI is InChI=1S/C12H21N5O3.C2H6/c1-14-12(13)16(2)11-10(7-20)15-8-17(11)4-3-9(5-18)6-19;1-2/h7-9,18-19H,3-6H2,1-2H3,(H2,13,14);1-2H3. The van der Waals surface area contributed by atoms with E-state index in [2.05, 4.69) is 9.98 Å². The number of anilines is 1. The first kappa shape index (κ1) is 20.1. The molecule has 0 unspecified atom stereocenters. The second-order valence-corrected chi connectivity index (χ2v) is 4.43. The fraction of sp³-hybridized carbons (Fsp3) is 0.643. The molecule has 1 aromatic heterocycles. The summed E-state index contributed by atoms with van der Waals surface area (Å²) in [6.45, 7) is 4.33. The summed E-state index contributed by atoms with van der Waals surface area (Å²) in [5, 5.41) is 18.1. The number of carbonyl (C=O) groups is 1. The molecule has 8 heteroatoms. The molecule has 0 spiro atoms. The lowest BCUT2D eigenvalue weighted by atomic mass is 10.1. The van der Waals surface area contributed by atoms with E-state index >= 15 is 0 Å². The third-order valence-corrected chi connectivity index (χ3v) is 3.13. The van der Waals surface area contributed by atoms with Crippen LogP contribution in [0.25, 0.3) is 0 Å². The summed E-state index contributed by atoms with van der Waals surface area (Å²) in [6, 6.07) is 0. The van der Waals surface area contributed by atoms with Crippen molar-refractivity contribution in [1.82, 2.24) is 9.55 Å². The van der Waals surface area contributed by atoms with Crippen molar-refractivity contribution in [1.29, 1.82) is 0 Å². The van der Waals surface area contributed by atoms with Crippen LogP contribution in [0.15, 0.2) is 11.3 Å². The number of aliphatic imine (C=N–C) groups is 1. The Hall–Kier alpha value is -1.93. The van der Waals surface area contributed by atoms with Crippen LogP contribution in [-0.2, 0) is 6.54 Å². The van der Waals surface area contributed by atoms with Gasteiger partial charge >= 0.3 is 0 Å². The van der Waals surface area contributed by atoms with Crippen molar-refractivity contribution in [3.63, 3.8) is 0 Å². The highest BCUT2D eigenvalue weighted by Crippen LogP contribution is 2.18. The Morgan fingerprint density at radius 2 is 2.09 bits per heavy atom. The molecule has 1 rings (SSSR count). The Kier molecular flexibility index (Phi) is 9.80. The molecule has 0 aliphatic carbocycles. The van der Waals surface area contributed by atoms with Crippen LogP contribution in [0.2, 0.25) is 0 Å². The quantitative estimate of drug-likeness (QED) is 0.373. The maximum atomic E-state index is 11.0. The molecular formula is C14H27N5O3. The second kappa shape index (κ2) is 10.7. The number of aromatic nitrogens is 2. The number of aliphatic hydroxyl groups excluding tert-OH is 2. The monoisotopic (exact) mass is 313 g/mol. The summed E-state index contributed by atoms with van der Waals surface area (Å²) in [6.07, 6.45) is 2.75. The van der Waals surface area contributed by atoms with Crippen LogP contribution in [0.3, 0.4) is 0 Å². The molecular weight excluding hydrogens is 286 g/mol. The summed E-state index contributed by atoms with van der Waals surface area (Å²) in [5.41, 5.74) is 6.01. The first-order valence-electron chi connectivity index (χ1n) is 7.27. The van der Waals surface area contributed by atoms with Crippen LogP contribution in [-0.4, -0.2) is 59.3 Å². The zero-order chi connectivity index (χ0) is 17.1. The Bertz CT molecular complexity index is 469. The van der Waals surface area contributed by atoms with E-state index in [1.807, 2.05) is 13.8 Å². The molecule has 126 valence electrons.